The molecule has 0 fully saturated rings. The van der Waals surface area contributed by atoms with Gasteiger partial charge in [0.2, 0.25) is 5.91 Å². The van der Waals surface area contributed by atoms with Crippen molar-refractivity contribution >= 4 is 5.91 Å². The minimum absolute atomic E-state index is 0.184. The molecule has 1 rings (SSSR count). The maximum atomic E-state index is 11.5. The first kappa shape index (κ1) is 15.5. The lowest BCUT2D eigenvalue weighted by Gasteiger charge is -2.13. The highest BCUT2D eigenvalue weighted by molar-refractivity contribution is 5.76. The Hall–Kier alpha value is -1.59. The SMILES string of the molecule is Cc1ccc(OCCC(=O)NC(CO)CO)cc1C. The van der Waals surface area contributed by atoms with E-state index in [9.17, 15) is 4.79 Å². The number of aryl methyl sites for hydroxylation is 2. The van der Waals surface area contributed by atoms with Crippen LogP contribution in [0.3, 0.4) is 0 Å². The Labute approximate surface area is 113 Å². The van der Waals surface area contributed by atoms with Gasteiger partial charge in [0.1, 0.15) is 5.75 Å². The fourth-order valence-corrected chi connectivity index (χ4v) is 1.51. The zero-order valence-electron chi connectivity index (χ0n) is 11.3. The number of benzene rings is 1. The zero-order chi connectivity index (χ0) is 14.3. The maximum Gasteiger partial charge on any atom is 0.223 e. The summed E-state index contributed by atoms with van der Waals surface area (Å²) in [5.41, 5.74) is 2.33. The van der Waals surface area contributed by atoms with Crippen LogP contribution in [0.4, 0.5) is 0 Å². The third-order valence-corrected chi connectivity index (χ3v) is 2.88. The molecule has 3 N–H and O–H groups in total. The fourth-order valence-electron chi connectivity index (χ4n) is 1.51. The van der Waals surface area contributed by atoms with Gasteiger partial charge in [0, 0.05) is 0 Å². The van der Waals surface area contributed by atoms with Crippen molar-refractivity contribution in [1.29, 1.82) is 0 Å². The van der Waals surface area contributed by atoms with Gasteiger partial charge in [-0.25, -0.2) is 0 Å². The molecule has 19 heavy (non-hydrogen) atoms. The van der Waals surface area contributed by atoms with E-state index in [0.29, 0.717) is 0 Å². The number of aliphatic hydroxyl groups is 2. The van der Waals surface area contributed by atoms with Crippen LogP contribution >= 0.6 is 0 Å². The topological polar surface area (TPSA) is 78.8 Å². The van der Waals surface area contributed by atoms with Gasteiger partial charge < -0.3 is 20.3 Å². The summed E-state index contributed by atoms with van der Waals surface area (Å²) in [6.07, 6.45) is 0.184. The summed E-state index contributed by atoms with van der Waals surface area (Å²) in [6.45, 7) is 3.73. The van der Waals surface area contributed by atoms with Crippen molar-refractivity contribution < 1.29 is 19.7 Å². The molecule has 1 amide bonds. The van der Waals surface area contributed by atoms with E-state index in [-0.39, 0.29) is 32.1 Å². The van der Waals surface area contributed by atoms with Gasteiger partial charge in [0.05, 0.1) is 32.3 Å². The molecule has 0 saturated heterocycles. The van der Waals surface area contributed by atoms with Gasteiger partial charge in [-0.3, -0.25) is 4.79 Å². The molecule has 0 saturated carbocycles. The van der Waals surface area contributed by atoms with E-state index in [1.807, 2.05) is 32.0 Å². The van der Waals surface area contributed by atoms with Crippen molar-refractivity contribution in [3.05, 3.63) is 29.3 Å². The number of aliphatic hydroxyl groups excluding tert-OH is 2. The van der Waals surface area contributed by atoms with Gasteiger partial charge in [0.15, 0.2) is 0 Å². The van der Waals surface area contributed by atoms with Crippen molar-refractivity contribution in [2.45, 2.75) is 26.3 Å². The molecule has 0 atom stereocenters. The Bertz CT molecular complexity index is 416. The predicted molar refractivity (Wildman–Crippen MR) is 72.1 cm³/mol. The van der Waals surface area contributed by atoms with E-state index in [1.54, 1.807) is 0 Å². The van der Waals surface area contributed by atoms with Crippen LogP contribution in [0.15, 0.2) is 18.2 Å². The molecule has 0 aliphatic heterocycles. The molecular formula is C14H21NO4. The Morgan fingerprint density at radius 2 is 1.95 bits per heavy atom. The van der Waals surface area contributed by atoms with Crippen LogP contribution in [-0.2, 0) is 4.79 Å². The van der Waals surface area contributed by atoms with E-state index >= 15 is 0 Å². The fraction of sp³-hybridized carbons (Fsp3) is 0.500. The van der Waals surface area contributed by atoms with Crippen molar-refractivity contribution in [2.75, 3.05) is 19.8 Å². The smallest absolute Gasteiger partial charge is 0.223 e. The first-order chi connectivity index (χ1) is 9.06. The molecule has 0 radical (unpaired) electrons. The highest BCUT2D eigenvalue weighted by Crippen LogP contribution is 2.16. The zero-order valence-corrected chi connectivity index (χ0v) is 11.3. The highest BCUT2D eigenvalue weighted by atomic mass is 16.5. The Balaban J connectivity index is 2.33. The normalized spacial score (nSPS) is 10.6. The number of carbonyl (C=O) groups is 1. The van der Waals surface area contributed by atoms with Crippen LogP contribution in [0, 0.1) is 13.8 Å². The largest absolute Gasteiger partial charge is 0.493 e. The highest BCUT2D eigenvalue weighted by Gasteiger charge is 2.09. The molecule has 5 nitrogen and oxygen atoms in total. The lowest BCUT2D eigenvalue weighted by molar-refractivity contribution is -0.122. The number of hydrogen-bond donors (Lipinski definition) is 3. The van der Waals surface area contributed by atoms with Gasteiger partial charge in [-0.1, -0.05) is 6.07 Å². The molecule has 1 aromatic rings. The molecule has 0 bridgehead atoms. The van der Waals surface area contributed by atoms with Crippen LogP contribution in [0.1, 0.15) is 17.5 Å². The number of rotatable bonds is 7. The van der Waals surface area contributed by atoms with E-state index in [1.165, 1.54) is 5.56 Å². The molecule has 0 spiro atoms. The maximum absolute atomic E-state index is 11.5. The average Bonchev–Trinajstić information content (AvgIpc) is 2.40. The number of hydrogen-bond acceptors (Lipinski definition) is 4. The second-order valence-corrected chi connectivity index (χ2v) is 4.47. The molecule has 0 aliphatic carbocycles. The molecule has 5 heteroatoms. The predicted octanol–water partition coefficient (Wildman–Crippen LogP) is 0.542. The summed E-state index contributed by atoms with van der Waals surface area (Å²) >= 11 is 0. The number of nitrogens with one attached hydrogen (secondary N) is 1. The van der Waals surface area contributed by atoms with Gasteiger partial charge in [0.25, 0.3) is 0 Å². The van der Waals surface area contributed by atoms with Gasteiger partial charge in [-0.2, -0.15) is 0 Å². The monoisotopic (exact) mass is 267 g/mol. The van der Waals surface area contributed by atoms with Crippen LogP contribution in [0.2, 0.25) is 0 Å². The molecule has 1 aromatic carbocycles. The third kappa shape index (κ3) is 5.28. The number of amides is 1. The van der Waals surface area contributed by atoms with E-state index < -0.39 is 6.04 Å². The van der Waals surface area contributed by atoms with Crippen molar-refractivity contribution in [2.24, 2.45) is 0 Å². The van der Waals surface area contributed by atoms with Crippen LogP contribution < -0.4 is 10.1 Å². The lowest BCUT2D eigenvalue weighted by atomic mass is 10.1. The molecule has 106 valence electrons. The molecule has 0 aromatic heterocycles. The lowest BCUT2D eigenvalue weighted by Crippen LogP contribution is -2.40. The molecule has 0 heterocycles. The third-order valence-electron chi connectivity index (χ3n) is 2.88. The minimum atomic E-state index is -0.603. The summed E-state index contributed by atoms with van der Waals surface area (Å²) < 4.78 is 5.48. The summed E-state index contributed by atoms with van der Waals surface area (Å²) in [4.78, 5) is 11.5. The minimum Gasteiger partial charge on any atom is -0.493 e. The average molecular weight is 267 g/mol. The van der Waals surface area contributed by atoms with Crippen molar-refractivity contribution in [1.82, 2.24) is 5.32 Å². The van der Waals surface area contributed by atoms with E-state index in [0.717, 1.165) is 11.3 Å². The van der Waals surface area contributed by atoms with Crippen molar-refractivity contribution in [3.63, 3.8) is 0 Å². The molecule has 0 aliphatic rings. The molecular weight excluding hydrogens is 246 g/mol. The van der Waals surface area contributed by atoms with Crippen molar-refractivity contribution in [3.8, 4) is 5.75 Å². The van der Waals surface area contributed by atoms with Gasteiger partial charge in [-0.15, -0.1) is 0 Å². The Morgan fingerprint density at radius 3 is 2.53 bits per heavy atom. The summed E-state index contributed by atoms with van der Waals surface area (Å²) in [6, 6.07) is 5.16. The van der Waals surface area contributed by atoms with E-state index in [4.69, 9.17) is 14.9 Å². The van der Waals surface area contributed by atoms with Gasteiger partial charge in [-0.05, 0) is 37.1 Å². The number of carbonyl (C=O) groups excluding carboxylic acids is 1. The quantitative estimate of drug-likeness (QED) is 0.674. The number of ether oxygens (including phenoxy) is 1. The summed E-state index contributed by atoms with van der Waals surface area (Å²) in [7, 11) is 0. The van der Waals surface area contributed by atoms with Crippen LogP contribution in [-0.4, -0.2) is 42.0 Å². The van der Waals surface area contributed by atoms with Crippen LogP contribution in [0.5, 0.6) is 5.75 Å². The second kappa shape index (κ2) is 7.76. The van der Waals surface area contributed by atoms with E-state index in [2.05, 4.69) is 5.32 Å². The Morgan fingerprint density at radius 1 is 1.26 bits per heavy atom. The first-order valence-electron chi connectivity index (χ1n) is 6.28. The van der Waals surface area contributed by atoms with Crippen LogP contribution in [0.25, 0.3) is 0 Å². The Kier molecular flexibility index (Phi) is 6.32. The second-order valence-electron chi connectivity index (χ2n) is 4.47. The summed E-state index contributed by atoms with van der Waals surface area (Å²) in [5, 5.41) is 20.2. The summed E-state index contributed by atoms with van der Waals surface area (Å²) in [5.74, 6) is 0.480. The standard InChI is InChI=1S/C14H21NO4/c1-10-3-4-13(7-11(10)2)19-6-5-14(18)15-12(8-16)9-17/h3-4,7,12,16-17H,5-6,8-9H2,1-2H3,(H,15,18). The van der Waals surface area contributed by atoms with Gasteiger partial charge >= 0.3 is 0 Å². The first-order valence-corrected chi connectivity index (χ1v) is 6.28. The molecule has 0 unspecified atom stereocenters.